The molecule has 0 atom stereocenters. The van der Waals surface area contributed by atoms with Gasteiger partial charge in [0.2, 0.25) is 0 Å². The zero-order chi connectivity index (χ0) is 38.4. The van der Waals surface area contributed by atoms with Crippen LogP contribution >= 0.6 is 0 Å². The van der Waals surface area contributed by atoms with E-state index in [-0.39, 0.29) is 0 Å². The summed E-state index contributed by atoms with van der Waals surface area (Å²) in [6.45, 7) is 4.38. The van der Waals surface area contributed by atoms with E-state index in [1.807, 2.05) is 24.3 Å². The van der Waals surface area contributed by atoms with Crippen molar-refractivity contribution in [2.24, 2.45) is 4.99 Å². The van der Waals surface area contributed by atoms with Crippen LogP contribution < -0.4 is 9.64 Å². The van der Waals surface area contributed by atoms with E-state index >= 15 is 0 Å². The Morgan fingerprint density at radius 1 is 0.404 bits per heavy atom. The van der Waals surface area contributed by atoms with E-state index in [0.717, 1.165) is 67.1 Å². The molecule has 9 rings (SSSR count). The average Bonchev–Trinajstić information content (AvgIpc) is 3.29. The Balaban J connectivity index is 1.04. The van der Waals surface area contributed by atoms with Gasteiger partial charge in [-0.3, -0.25) is 4.99 Å². The summed E-state index contributed by atoms with van der Waals surface area (Å²) in [4.78, 5) is 6.80. The molecule has 0 unspecified atom stereocenters. The fourth-order valence-electron chi connectivity index (χ4n) is 7.52. The van der Waals surface area contributed by atoms with Crippen LogP contribution in [0.15, 0.2) is 223 Å². The monoisotopic (exact) mass is 732 g/mol. The van der Waals surface area contributed by atoms with Crippen molar-refractivity contribution in [1.82, 2.24) is 0 Å². The van der Waals surface area contributed by atoms with Gasteiger partial charge in [0.15, 0.2) is 5.75 Å². The lowest BCUT2D eigenvalue weighted by atomic mass is 9.96. The third-order valence-electron chi connectivity index (χ3n) is 10.5. The standard InChI is InChI=1S/C54H40N2O/c1-55-53-51-20-12-11-19-47(51)37-52(54(53)57-38-39-13-5-2-6-14-39)46-23-21-42(22-24-46)45-29-35-50(36-30-45)56(48-31-25-43(26-32-48)40-15-7-3-8-16-40)49-33-27-44(28-34-49)41-17-9-4-10-18-41/h2-37H,1,38H2. The first-order chi connectivity index (χ1) is 28.2. The predicted octanol–water partition coefficient (Wildman–Crippen LogP) is 14.9. The zero-order valence-electron chi connectivity index (χ0n) is 31.5. The van der Waals surface area contributed by atoms with Gasteiger partial charge in [-0.1, -0.05) is 176 Å². The maximum Gasteiger partial charge on any atom is 0.153 e. The smallest absolute Gasteiger partial charge is 0.153 e. The largest absolute Gasteiger partial charge is 0.486 e. The Morgan fingerprint density at radius 3 is 1.26 bits per heavy atom. The van der Waals surface area contributed by atoms with Crippen molar-refractivity contribution in [3.63, 3.8) is 0 Å². The molecule has 0 aliphatic rings. The lowest BCUT2D eigenvalue weighted by Crippen LogP contribution is -2.09. The van der Waals surface area contributed by atoms with Gasteiger partial charge in [-0.25, -0.2) is 0 Å². The van der Waals surface area contributed by atoms with Gasteiger partial charge < -0.3 is 9.64 Å². The van der Waals surface area contributed by atoms with Crippen LogP contribution in [0.5, 0.6) is 5.75 Å². The number of hydrogen-bond acceptors (Lipinski definition) is 3. The summed E-state index contributed by atoms with van der Waals surface area (Å²) < 4.78 is 6.55. The maximum atomic E-state index is 6.55. The van der Waals surface area contributed by atoms with Gasteiger partial charge in [-0.05, 0) is 99.1 Å². The molecule has 0 spiro atoms. The number of aliphatic imine (C=N–C) groups is 1. The Kier molecular flexibility index (Phi) is 9.94. The average molecular weight is 733 g/mol. The minimum atomic E-state index is 0.435. The Morgan fingerprint density at radius 2 is 0.789 bits per heavy atom. The van der Waals surface area contributed by atoms with Crippen molar-refractivity contribution in [3.8, 4) is 50.3 Å². The quantitative estimate of drug-likeness (QED) is 0.124. The Hall–Kier alpha value is -7.49. The van der Waals surface area contributed by atoms with Gasteiger partial charge >= 0.3 is 0 Å². The van der Waals surface area contributed by atoms with Crippen LogP contribution in [0.2, 0.25) is 0 Å². The molecule has 3 nitrogen and oxygen atoms in total. The summed E-state index contributed by atoms with van der Waals surface area (Å²) in [6, 6.07) is 76.9. The summed E-state index contributed by atoms with van der Waals surface area (Å²) in [5, 5.41) is 2.11. The van der Waals surface area contributed by atoms with Crippen LogP contribution in [-0.4, -0.2) is 6.72 Å². The first kappa shape index (κ1) is 35.2. The Bertz CT molecular complexity index is 2660. The van der Waals surface area contributed by atoms with Crippen LogP contribution in [0.25, 0.3) is 55.3 Å². The lowest BCUT2D eigenvalue weighted by Gasteiger charge is -2.26. The van der Waals surface area contributed by atoms with E-state index in [2.05, 4.69) is 211 Å². The molecule has 0 N–H and O–H groups in total. The molecule has 0 radical (unpaired) electrons. The summed E-state index contributed by atoms with van der Waals surface area (Å²) in [7, 11) is 0. The molecule has 0 bridgehead atoms. The van der Waals surface area contributed by atoms with Gasteiger partial charge in [-0.2, -0.15) is 0 Å². The van der Waals surface area contributed by atoms with Gasteiger partial charge in [0.1, 0.15) is 12.3 Å². The summed E-state index contributed by atoms with van der Waals surface area (Å²) in [5.74, 6) is 0.735. The number of anilines is 3. The lowest BCUT2D eigenvalue weighted by molar-refractivity contribution is 0.309. The number of nitrogens with zero attached hydrogens (tertiary/aromatic N) is 2. The highest BCUT2D eigenvalue weighted by molar-refractivity contribution is 6.01. The second-order valence-corrected chi connectivity index (χ2v) is 14.0. The minimum Gasteiger partial charge on any atom is -0.486 e. The normalized spacial score (nSPS) is 10.9. The number of fused-ring (bicyclic) bond motifs is 1. The Labute approximate surface area is 334 Å². The van der Waals surface area contributed by atoms with Crippen LogP contribution in [0, 0.1) is 0 Å². The summed E-state index contributed by atoms with van der Waals surface area (Å²) in [5.41, 5.74) is 14.2. The second kappa shape index (κ2) is 16.1. The van der Waals surface area contributed by atoms with Crippen molar-refractivity contribution in [3.05, 3.63) is 224 Å². The molecule has 0 saturated heterocycles. The van der Waals surface area contributed by atoms with Gasteiger partial charge in [0.25, 0.3) is 0 Å². The van der Waals surface area contributed by atoms with Gasteiger partial charge in [0.05, 0.1) is 0 Å². The van der Waals surface area contributed by atoms with Crippen LogP contribution in [-0.2, 0) is 6.61 Å². The van der Waals surface area contributed by atoms with E-state index in [1.165, 1.54) is 22.3 Å². The van der Waals surface area contributed by atoms with Crippen molar-refractivity contribution in [1.29, 1.82) is 0 Å². The van der Waals surface area contributed by atoms with E-state index < -0.39 is 0 Å². The van der Waals surface area contributed by atoms with Crippen molar-refractivity contribution >= 4 is 40.2 Å². The maximum absolute atomic E-state index is 6.55. The van der Waals surface area contributed by atoms with Gasteiger partial charge in [0, 0.05) is 28.0 Å². The zero-order valence-corrected chi connectivity index (χ0v) is 31.5. The van der Waals surface area contributed by atoms with Crippen molar-refractivity contribution < 1.29 is 4.74 Å². The molecule has 9 aromatic carbocycles. The molecule has 0 aliphatic carbocycles. The van der Waals surface area contributed by atoms with E-state index in [9.17, 15) is 0 Å². The number of benzene rings is 9. The van der Waals surface area contributed by atoms with Crippen LogP contribution in [0.4, 0.5) is 22.7 Å². The third-order valence-corrected chi connectivity index (χ3v) is 10.5. The molecule has 0 aliphatic heterocycles. The predicted molar refractivity (Wildman–Crippen MR) is 240 cm³/mol. The first-order valence-electron chi connectivity index (χ1n) is 19.2. The van der Waals surface area contributed by atoms with Crippen LogP contribution in [0.3, 0.4) is 0 Å². The molecule has 0 saturated carbocycles. The third kappa shape index (κ3) is 7.47. The van der Waals surface area contributed by atoms with Crippen LogP contribution in [0.1, 0.15) is 5.56 Å². The molecule has 3 heteroatoms. The number of rotatable bonds is 11. The summed E-state index contributed by atoms with van der Waals surface area (Å²) in [6.07, 6.45) is 0. The van der Waals surface area contributed by atoms with E-state index in [4.69, 9.17) is 4.74 Å². The minimum absolute atomic E-state index is 0.435. The van der Waals surface area contributed by atoms with Crippen molar-refractivity contribution in [2.45, 2.75) is 6.61 Å². The molecule has 0 aromatic heterocycles. The number of hydrogen-bond donors (Lipinski definition) is 0. The topological polar surface area (TPSA) is 24.8 Å². The first-order valence-corrected chi connectivity index (χ1v) is 19.2. The highest BCUT2D eigenvalue weighted by Crippen LogP contribution is 2.45. The highest BCUT2D eigenvalue weighted by Gasteiger charge is 2.17. The molecule has 9 aromatic rings. The van der Waals surface area contributed by atoms with Gasteiger partial charge in [-0.15, -0.1) is 0 Å². The molecule has 0 fully saturated rings. The van der Waals surface area contributed by atoms with E-state index in [0.29, 0.717) is 6.61 Å². The number of ether oxygens (including phenoxy) is 1. The fraction of sp³-hybridized carbons (Fsp3) is 0.0185. The molecular formula is C54H40N2O. The van der Waals surface area contributed by atoms with E-state index in [1.54, 1.807) is 0 Å². The molecule has 0 amide bonds. The molecular weight excluding hydrogens is 693 g/mol. The fourth-order valence-corrected chi connectivity index (χ4v) is 7.52. The van der Waals surface area contributed by atoms with Crippen molar-refractivity contribution in [2.75, 3.05) is 4.90 Å². The molecule has 272 valence electrons. The highest BCUT2D eigenvalue weighted by atomic mass is 16.5. The molecule has 57 heavy (non-hydrogen) atoms. The molecule has 0 heterocycles. The SMILES string of the molecule is C=Nc1c(OCc2ccccc2)c(-c2ccc(-c3ccc(N(c4ccc(-c5ccccc5)cc4)c4ccc(-c5ccccc5)cc4)cc3)cc2)cc2ccccc12. The summed E-state index contributed by atoms with van der Waals surface area (Å²) >= 11 is 0. The second-order valence-electron chi connectivity index (χ2n) is 14.0.